The van der Waals surface area contributed by atoms with Crippen LogP contribution in [-0.2, 0) is 16.6 Å². The van der Waals surface area contributed by atoms with Gasteiger partial charge in [-0.05, 0) is 35.4 Å². The Kier molecular flexibility index (Phi) is 6.79. The molecule has 0 radical (unpaired) electrons. The highest BCUT2D eigenvalue weighted by Gasteiger charge is 2.19. The standard InChI is InChI=1S/C22H20F2N2O4/c1-26-13-5-8-18(26)21(28)29-14-19(27)25-20(15-6-3-2-4-7-15)16-9-11-17(12-10-16)30-22(23)24/h2-13,20,22H,14H2,1H3,(H,25,27)/t20-/m1/s1. The highest BCUT2D eigenvalue weighted by Crippen LogP contribution is 2.25. The number of nitrogens with zero attached hydrogens (tertiary/aromatic N) is 1. The predicted molar refractivity (Wildman–Crippen MR) is 105 cm³/mol. The number of esters is 1. The highest BCUT2D eigenvalue weighted by atomic mass is 19.3. The van der Waals surface area contributed by atoms with Gasteiger partial charge in [-0.3, -0.25) is 4.79 Å². The van der Waals surface area contributed by atoms with Crippen LogP contribution in [0.4, 0.5) is 8.78 Å². The van der Waals surface area contributed by atoms with Gasteiger partial charge in [-0.25, -0.2) is 4.79 Å². The van der Waals surface area contributed by atoms with E-state index in [1.54, 1.807) is 42.1 Å². The van der Waals surface area contributed by atoms with Crippen molar-refractivity contribution in [1.29, 1.82) is 0 Å². The van der Waals surface area contributed by atoms with Crippen LogP contribution in [0.1, 0.15) is 27.7 Å². The van der Waals surface area contributed by atoms with E-state index in [-0.39, 0.29) is 5.75 Å². The molecule has 8 heteroatoms. The van der Waals surface area contributed by atoms with Crippen molar-refractivity contribution in [2.45, 2.75) is 12.7 Å². The van der Waals surface area contributed by atoms with Crippen molar-refractivity contribution in [3.05, 3.63) is 89.7 Å². The number of aromatic nitrogens is 1. The van der Waals surface area contributed by atoms with E-state index in [9.17, 15) is 18.4 Å². The van der Waals surface area contributed by atoms with E-state index < -0.39 is 31.1 Å². The van der Waals surface area contributed by atoms with E-state index in [0.29, 0.717) is 11.3 Å². The third-order valence-electron chi connectivity index (χ3n) is 4.36. The molecule has 1 heterocycles. The van der Waals surface area contributed by atoms with Gasteiger partial charge in [0.1, 0.15) is 11.4 Å². The topological polar surface area (TPSA) is 69.6 Å². The molecule has 0 fully saturated rings. The van der Waals surface area contributed by atoms with Crippen molar-refractivity contribution in [3.8, 4) is 5.75 Å². The van der Waals surface area contributed by atoms with Gasteiger partial charge in [0.15, 0.2) is 6.61 Å². The molecule has 0 spiro atoms. The maximum absolute atomic E-state index is 12.5. The SMILES string of the molecule is Cn1cccc1C(=O)OCC(=O)N[C@H](c1ccccc1)c1ccc(OC(F)F)cc1. The van der Waals surface area contributed by atoms with E-state index in [0.717, 1.165) is 5.56 Å². The second kappa shape index (κ2) is 9.69. The lowest BCUT2D eigenvalue weighted by Gasteiger charge is -2.20. The first-order valence-corrected chi connectivity index (χ1v) is 9.11. The zero-order valence-electron chi connectivity index (χ0n) is 16.1. The van der Waals surface area contributed by atoms with Crippen molar-refractivity contribution in [3.63, 3.8) is 0 Å². The molecule has 1 aromatic heterocycles. The number of aryl methyl sites for hydroxylation is 1. The quantitative estimate of drug-likeness (QED) is 0.571. The van der Waals surface area contributed by atoms with Gasteiger partial charge in [-0.2, -0.15) is 8.78 Å². The first-order valence-electron chi connectivity index (χ1n) is 9.11. The van der Waals surface area contributed by atoms with Gasteiger partial charge >= 0.3 is 12.6 Å². The molecule has 0 saturated heterocycles. The molecule has 1 atom stereocenters. The fraction of sp³-hybridized carbons (Fsp3) is 0.182. The van der Waals surface area contributed by atoms with E-state index in [1.165, 1.54) is 12.1 Å². The van der Waals surface area contributed by atoms with Crippen LogP contribution in [-0.4, -0.2) is 29.7 Å². The smallest absolute Gasteiger partial charge is 0.387 e. The Morgan fingerprint density at radius 2 is 1.63 bits per heavy atom. The Hall–Kier alpha value is -3.68. The number of hydrogen-bond acceptors (Lipinski definition) is 4. The Labute approximate surface area is 172 Å². The van der Waals surface area contributed by atoms with Gasteiger partial charge < -0.3 is 19.4 Å². The monoisotopic (exact) mass is 414 g/mol. The molecule has 0 aliphatic rings. The zero-order chi connectivity index (χ0) is 21.5. The van der Waals surface area contributed by atoms with Gasteiger partial charge in [0.2, 0.25) is 0 Å². The fourth-order valence-electron chi connectivity index (χ4n) is 2.93. The lowest BCUT2D eigenvalue weighted by atomic mass is 9.98. The van der Waals surface area contributed by atoms with Gasteiger partial charge in [-0.1, -0.05) is 42.5 Å². The third-order valence-corrected chi connectivity index (χ3v) is 4.36. The molecular weight excluding hydrogens is 394 g/mol. The summed E-state index contributed by atoms with van der Waals surface area (Å²) >= 11 is 0. The molecule has 0 aliphatic carbocycles. The van der Waals surface area contributed by atoms with Gasteiger partial charge in [0, 0.05) is 13.2 Å². The number of amides is 1. The van der Waals surface area contributed by atoms with E-state index >= 15 is 0 Å². The molecular formula is C22H20F2N2O4. The molecule has 2 aromatic carbocycles. The number of ether oxygens (including phenoxy) is 2. The number of benzene rings is 2. The summed E-state index contributed by atoms with van der Waals surface area (Å²) in [4.78, 5) is 24.5. The number of carbonyl (C=O) groups is 2. The number of carbonyl (C=O) groups excluding carboxylic acids is 2. The first-order chi connectivity index (χ1) is 14.4. The van der Waals surface area contributed by atoms with Crippen LogP contribution in [0.2, 0.25) is 0 Å². The number of rotatable bonds is 8. The molecule has 6 nitrogen and oxygen atoms in total. The minimum atomic E-state index is -2.92. The second-order valence-corrected chi connectivity index (χ2v) is 6.44. The van der Waals surface area contributed by atoms with Crippen LogP contribution in [0.15, 0.2) is 72.9 Å². The third kappa shape index (κ3) is 5.44. The molecule has 1 N–H and O–H groups in total. The molecule has 1 amide bonds. The molecule has 3 rings (SSSR count). The maximum Gasteiger partial charge on any atom is 0.387 e. The van der Waals surface area contributed by atoms with Crippen LogP contribution in [0.5, 0.6) is 5.75 Å². The highest BCUT2D eigenvalue weighted by molar-refractivity contribution is 5.90. The number of hydrogen-bond donors (Lipinski definition) is 1. The molecule has 0 bridgehead atoms. The number of nitrogens with one attached hydrogen (secondary N) is 1. The van der Waals surface area contributed by atoms with Crippen LogP contribution in [0.25, 0.3) is 0 Å². The van der Waals surface area contributed by atoms with Gasteiger partial charge in [0.05, 0.1) is 6.04 Å². The first kappa shape index (κ1) is 21.0. The molecule has 0 saturated carbocycles. The van der Waals surface area contributed by atoms with Crippen LogP contribution in [0, 0.1) is 0 Å². The summed E-state index contributed by atoms with van der Waals surface area (Å²) in [5.41, 5.74) is 1.77. The van der Waals surface area contributed by atoms with E-state index in [4.69, 9.17) is 4.74 Å². The van der Waals surface area contributed by atoms with Crippen molar-refractivity contribution in [1.82, 2.24) is 9.88 Å². The summed E-state index contributed by atoms with van der Waals surface area (Å²) in [5.74, 6) is -1.09. The van der Waals surface area contributed by atoms with Gasteiger partial charge in [-0.15, -0.1) is 0 Å². The molecule has 0 unspecified atom stereocenters. The molecule has 3 aromatic rings. The number of halogens is 2. The Balaban J connectivity index is 1.71. The van der Waals surface area contributed by atoms with Crippen molar-refractivity contribution >= 4 is 11.9 Å². The van der Waals surface area contributed by atoms with Crippen LogP contribution < -0.4 is 10.1 Å². The van der Waals surface area contributed by atoms with Crippen molar-refractivity contribution in [2.24, 2.45) is 7.05 Å². The molecule has 30 heavy (non-hydrogen) atoms. The fourth-order valence-corrected chi connectivity index (χ4v) is 2.93. The van der Waals surface area contributed by atoms with Crippen molar-refractivity contribution in [2.75, 3.05) is 6.61 Å². The minimum absolute atomic E-state index is 0.0170. The summed E-state index contributed by atoms with van der Waals surface area (Å²) in [6.45, 7) is -3.38. The van der Waals surface area contributed by atoms with Gasteiger partial charge in [0.25, 0.3) is 5.91 Å². The van der Waals surface area contributed by atoms with Crippen LogP contribution in [0.3, 0.4) is 0 Å². The lowest BCUT2D eigenvalue weighted by Crippen LogP contribution is -2.33. The average Bonchev–Trinajstić information content (AvgIpc) is 3.17. The van der Waals surface area contributed by atoms with Crippen LogP contribution >= 0.6 is 0 Å². The van der Waals surface area contributed by atoms with E-state index in [1.807, 2.05) is 30.3 Å². The summed E-state index contributed by atoms with van der Waals surface area (Å²) in [6, 6.07) is 17.8. The number of alkyl halides is 2. The lowest BCUT2D eigenvalue weighted by molar-refractivity contribution is -0.124. The largest absolute Gasteiger partial charge is 0.451 e. The average molecular weight is 414 g/mol. The predicted octanol–water partition coefficient (Wildman–Crippen LogP) is 3.69. The Morgan fingerprint density at radius 3 is 2.23 bits per heavy atom. The Morgan fingerprint density at radius 1 is 0.967 bits per heavy atom. The Bertz CT molecular complexity index is 988. The summed E-state index contributed by atoms with van der Waals surface area (Å²) in [6.07, 6.45) is 1.70. The second-order valence-electron chi connectivity index (χ2n) is 6.44. The summed E-state index contributed by atoms with van der Waals surface area (Å²) < 4.78 is 35.8. The van der Waals surface area contributed by atoms with E-state index in [2.05, 4.69) is 10.1 Å². The minimum Gasteiger partial charge on any atom is -0.451 e. The molecule has 0 aliphatic heterocycles. The summed E-state index contributed by atoms with van der Waals surface area (Å²) in [7, 11) is 1.70. The maximum atomic E-state index is 12.5. The zero-order valence-corrected chi connectivity index (χ0v) is 16.1. The van der Waals surface area contributed by atoms with Crippen molar-refractivity contribution < 1.29 is 27.8 Å². The summed E-state index contributed by atoms with van der Waals surface area (Å²) in [5, 5.41) is 2.81. The normalized spacial score (nSPS) is 11.7. The molecule has 156 valence electrons.